The predicted molar refractivity (Wildman–Crippen MR) is 174 cm³/mol. The molecule has 1 fully saturated rings. The van der Waals surface area contributed by atoms with E-state index in [4.69, 9.17) is 9.47 Å². The van der Waals surface area contributed by atoms with Crippen LogP contribution in [-0.2, 0) is 26.2 Å². The summed E-state index contributed by atoms with van der Waals surface area (Å²) in [7, 11) is -2.64. The molecular weight excluding hydrogens is 599 g/mol. The van der Waals surface area contributed by atoms with Crippen LogP contribution in [0.3, 0.4) is 0 Å². The highest BCUT2D eigenvalue weighted by Gasteiger charge is 2.34. The van der Waals surface area contributed by atoms with Crippen molar-refractivity contribution < 1.29 is 27.5 Å². The highest BCUT2D eigenvalue weighted by atomic mass is 32.2. The Balaban J connectivity index is 1.72. The Morgan fingerprint density at radius 3 is 2.27 bits per heavy atom. The van der Waals surface area contributed by atoms with Gasteiger partial charge in [0.15, 0.2) is 0 Å². The molecule has 0 spiro atoms. The number of para-hydroxylation sites is 2. The summed E-state index contributed by atoms with van der Waals surface area (Å²) in [5.74, 6) is 0.206. The molecule has 0 aliphatic heterocycles. The maximum atomic E-state index is 14.3. The van der Waals surface area contributed by atoms with E-state index in [9.17, 15) is 18.0 Å². The van der Waals surface area contributed by atoms with Gasteiger partial charge in [-0.15, -0.1) is 11.8 Å². The zero-order chi connectivity index (χ0) is 31.7. The molecule has 1 aliphatic rings. The minimum atomic E-state index is -4.22. The monoisotopic (exact) mass is 639 g/mol. The Labute approximate surface area is 265 Å². The number of amides is 2. The molecule has 0 bridgehead atoms. The minimum absolute atomic E-state index is 0.0446. The number of anilines is 1. The Morgan fingerprint density at radius 2 is 1.66 bits per heavy atom. The van der Waals surface area contributed by atoms with Gasteiger partial charge in [0.25, 0.3) is 10.0 Å². The number of sulfonamides is 1. The summed E-state index contributed by atoms with van der Waals surface area (Å²) >= 11 is 1.50. The second-order valence-corrected chi connectivity index (χ2v) is 13.4. The van der Waals surface area contributed by atoms with Gasteiger partial charge in [-0.2, -0.15) is 0 Å². The van der Waals surface area contributed by atoms with Gasteiger partial charge in [0.1, 0.15) is 24.1 Å². The van der Waals surface area contributed by atoms with Gasteiger partial charge in [-0.3, -0.25) is 13.9 Å². The second kappa shape index (κ2) is 15.3. The lowest BCUT2D eigenvalue weighted by Crippen LogP contribution is -2.52. The Bertz CT molecular complexity index is 1510. The third kappa shape index (κ3) is 8.06. The van der Waals surface area contributed by atoms with Crippen molar-refractivity contribution in [3.63, 3.8) is 0 Å². The molecule has 0 radical (unpaired) electrons. The number of carbonyl (C=O) groups excluding carboxylic acids is 2. The van der Waals surface area contributed by atoms with Crippen LogP contribution in [0.25, 0.3) is 0 Å². The van der Waals surface area contributed by atoms with Crippen molar-refractivity contribution in [3.8, 4) is 11.5 Å². The van der Waals surface area contributed by atoms with Gasteiger partial charge < -0.3 is 19.7 Å². The molecule has 44 heavy (non-hydrogen) atoms. The number of rotatable bonds is 14. The van der Waals surface area contributed by atoms with Crippen molar-refractivity contribution in [1.82, 2.24) is 10.2 Å². The van der Waals surface area contributed by atoms with Crippen LogP contribution in [0.15, 0.2) is 82.6 Å². The molecule has 1 aliphatic carbocycles. The smallest absolute Gasteiger partial charge is 0.264 e. The van der Waals surface area contributed by atoms with E-state index in [2.05, 4.69) is 5.32 Å². The van der Waals surface area contributed by atoms with Gasteiger partial charge >= 0.3 is 0 Å². The van der Waals surface area contributed by atoms with Gasteiger partial charge in [0.05, 0.1) is 24.3 Å². The summed E-state index contributed by atoms with van der Waals surface area (Å²) in [6, 6.07) is 19.7. The van der Waals surface area contributed by atoms with E-state index >= 15 is 0 Å². The average molecular weight is 640 g/mol. The lowest BCUT2D eigenvalue weighted by Gasteiger charge is -2.33. The largest absolute Gasteiger partial charge is 0.497 e. The van der Waals surface area contributed by atoms with Crippen LogP contribution in [0.1, 0.15) is 45.1 Å². The summed E-state index contributed by atoms with van der Waals surface area (Å²) in [5.41, 5.74) is 1.01. The molecule has 1 saturated carbocycles. The first-order chi connectivity index (χ1) is 21.2. The van der Waals surface area contributed by atoms with Crippen LogP contribution >= 0.6 is 11.8 Å². The third-order valence-electron chi connectivity index (χ3n) is 7.74. The fourth-order valence-electron chi connectivity index (χ4n) is 5.23. The number of benzene rings is 3. The van der Waals surface area contributed by atoms with Crippen LogP contribution in [0, 0.1) is 0 Å². The highest BCUT2D eigenvalue weighted by molar-refractivity contribution is 7.98. The molecule has 11 heteroatoms. The average Bonchev–Trinajstić information content (AvgIpc) is 3.56. The van der Waals surface area contributed by atoms with E-state index in [1.165, 1.54) is 28.8 Å². The summed E-state index contributed by atoms with van der Waals surface area (Å²) < 4.78 is 40.6. The molecular formula is C33H41N3O6S2. The molecule has 0 aromatic heterocycles. The van der Waals surface area contributed by atoms with E-state index in [0.29, 0.717) is 18.1 Å². The fourth-order valence-corrected chi connectivity index (χ4v) is 7.06. The van der Waals surface area contributed by atoms with Gasteiger partial charge in [0, 0.05) is 17.5 Å². The number of nitrogens with one attached hydrogen (secondary N) is 1. The number of ether oxygens (including phenoxy) is 2. The number of nitrogens with zero attached hydrogens (tertiary/aromatic N) is 2. The molecule has 2 amide bonds. The molecule has 9 nitrogen and oxygen atoms in total. The number of hydrogen-bond donors (Lipinski definition) is 1. The first-order valence-corrected chi connectivity index (χ1v) is 17.5. The zero-order valence-corrected chi connectivity index (χ0v) is 27.3. The molecule has 3 aromatic carbocycles. The highest BCUT2D eigenvalue weighted by Crippen LogP contribution is 2.33. The number of carbonyl (C=O) groups is 2. The SMILES string of the molecule is CCOc1ccccc1N(CC(=O)N(Cc1ccc(OC)cc1)[C@H](C)C(=O)NC1CCCC1)S(=O)(=O)c1ccc(SC)cc1. The van der Waals surface area contributed by atoms with Crippen molar-refractivity contribution in [2.75, 3.05) is 30.8 Å². The molecule has 236 valence electrons. The normalized spacial score (nSPS) is 14.1. The van der Waals surface area contributed by atoms with E-state index in [1.807, 2.05) is 25.3 Å². The number of methoxy groups -OCH3 is 1. The number of hydrogen-bond acceptors (Lipinski definition) is 7. The van der Waals surface area contributed by atoms with Gasteiger partial charge in [-0.05, 0) is 87.0 Å². The second-order valence-electron chi connectivity index (χ2n) is 10.6. The zero-order valence-electron chi connectivity index (χ0n) is 25.7. The minimum Gasteiger partial charge on any atom is -0.497 e. The van der Waals surface area contributed by atoms with Crippen molar-refractivity contribution in [2.45, 2.75) is 68.0 Å². The topological polar surface area (TPSA) is 105 Å². The van der Waals surface area contributed by atoms with Crippen molar-refractivity contribution >= 4 is 39.3 Å². The third-order valence-corrected chi connectivity index (χ3v) is 10.3. The molecule has 4 rings (SSSR count). The first kappa shape index (κ1) is 33.2. The molecule has 0 saturated heterocycles. The summed E-state index contributed by atoms with van der Waals surface area (Å²) in [6.07, 6.45) is 5.82. The van der Waals surface area contributed by atoms with Crippen LogP contribution in [-0.4, -0.2) is 63.7 Å². The summed E-state index contributed by atoms with van der Waals surface area (Å²) in [6.45, 7) is 3.37. The molecule has 1 N–H and O–H groups in total. The van der Waals surface area contributed by atoms with Crippen molar-refractivity contribution in [3.05, 3.63) is 78.4 Å². The van der Waals surface area contributed by atoms with E-state index in [1.54, 1.807) is 62.6 Å². The Morgan fingerprint density at radius 1 is 1.00 bits per heavy atom. The quantitative estimate of drug-likeness (QED) is 0.233. The fraction of sp³-hybridized carbons (Fsp3) is 0.394. The standard InChI is InChI=1S/C33H41N3O6S2/c1-5-42-31-13-9-8-12-30(31)36(44(39,40)29-20-18-28(43-4)19-21-29)23-32(37)35(22-25-14-16-27(41-3)17-15-25)24(2)33(38)34-26-10-6-7-11-26/h8-9,12-21,24,26H,5-7,10-11,22-23H2,1-4H3,(H,34,38)/t24-/m1/s1. The van der Waals surface area contributed by atoms with Crippen molar-refractivity contribution in [1.29, 1.82) is 0 Å². The van der Waals surface area contributed by atoms with Gasteiger partial charge in [-0.25, -0.2) is 8.42 Å². The Hall–Kier alpha value is -3.70. The predicted octanol–water partition coefficient (Wildman–Crippen LogP) is 5.49. The summed E-state index contributed by atoms with van der Waals surface area (Å²) in [4.78, 5) is 30.1. The molecule has 1 atom stereocenters. The van der Waals surface area contributed by atoms with E-state index in [0.717, 1.165) is 40.4 Å². The van der Waals surface area contributed by atoms with Gasteiger partial charge in [0.2, 0.25) is 11.8 Å². The lowest BCUT2D eigenvalue weighted by molar-refractivity contribution is -0.139. The maximum Gasteiger partial charge on any atom is 0.264 e. The van der Waals surface area contributed by atoms with Crippen molar-refractivity contribution in [2.24, 2.45) is 0 Å². The number of thioether (sulfide) groups is 1. The Kier molecular flexibility index (Phi) is 11.6. The van der Waals surface area contributed by atoms with Crippen LogP contribution < -0.4 is 19.1 Å². The van der Waals surface area contributed by atoms with E-state index < -0.39 is 28.5 Å². The maximum absolute atomic E-state index is 14.3. The lowest BCUT2D eigenvalue weighted by atomic mass is 10.1. The van der Waals surface area contributed by atoms with Crippen LogP contribution in [0.2, 0.25) is 0 Å². The van der Waals surface area contributed by atoms with Crippen LogP contribution in [0.5, 0.6) is 11.5 Å². The van der Waals surface area contributed by atoms with Gasteiger partial charge in [-0.1, -0.05) is 37.1 Å². The van der Waals surface area contributed by atoms with Crippen LogP contribution in [0.4, 0.5) is 5.69 Å². The molecule has 3 aromatic rings. The molecule has 0 heterocycles. The summed E-state index contributed by atoms with van der Waals surface area (Å²) in [5, 5.41) is 3.09. The first-order valence-electron chi connectivity index (χ1n) is 14.8. The molecule has 0 unspecified atom stereocenters. The van der Waals surface area contributed by atoms with E-state index in [-0.39, 0.29) is 29.1 Å².